The highest BCUT2D eigenvalue weighted by atomic mass is 35.5. The SMILES string of the molecule is CCc1nc(Cl)cc(NCc2cccc(COC)c2)n1. The molecule has 0 radical (unpaired) electrons. The maximum atomic E-state index is 5.97. The molecule has 0 aliphatic rings. The van der Waals surface area contributed by atoms with E-state index in [1.54, 1.807) is 13.2 Å². The molecule has 106 valence electrons. The first-order valence-corrected chi connectivity index (χ1v) is 6.93. The molecule has 1 aromatic heterocycles. The number of nitrogens with one attached hydrogen (secondary N) is 1. The molecule has 0 spiro atoms. The van der Waals surface area contributed by atoms with Crippen LogP contribution >= 0.6 is 11.6 Å². The summed E-state index contributed by atoms with van der Waals surface area (Å²) < 4.78 is 5.13. The van der Waals surface area contributed by atoms with E-state index in [4.69, 9.17) is 16.3 Å². The summed E-state index contributed by atoms with van der Waals surface area (Å²) in [6.07, 6.45) is 0.762. The molecule has 0 bridgehead atoms. The maximum Gasteiger partial charge on any atom is 0.134 e. The third-order valence-electron chi connectivity index (χ3n) is 2.83. The van der Waals surface area contributed by atoms with Gasteiger partial charge in [0.25, 0.3) is 0 Å². The van der Waals surface area contributed by atoms with Crippen LogP contribution in [0, 0.1) is 0 Å². The van der Waals surface area contributed by atoms with Crippen molar-refractivity contribution in [2.24, 2.45) is 0 Å². The molecular weight excluding hydrogens is 274 g/mol. The lowest BCUT2D eigenvalue weighted by Crippen LogP contribution is -2.04. The molecule has 5 heteroatoms. The number of ether oxygens (including phenoxy) is 1. The molecular formula is C15H18ClN3O. The van der Waals surface area contributed by atoms with Gasteiger partial charge in [-0.15, -0.1) is 0 Å². The third-order valence-corrected chi connectivity index (χ3v) is 3.03. The average molecular weight is 292 g/mol. The van der Waals surface area contributed by atoms with Crippen LogP contribution < -0.4 is 5.32 Å². The fraction of sp³-hybridized carbons (Fsp3) is 0.333. The molecule has 0 amide bonds. The summed E-state index contributed by atoms with van der Waals surface area (Å²) in [6, 6.07) is 9.98. The number of anilines is 1. The van der Waals surface area contributed by atoms with Gasteiger partial charge in [-0.25, -0.2) is 9.97 Å². The second-order valence-corrected chi connectivity index (χ2v) is 4.84. The Bertz CT molecular complexity index is 575. The quantitative estimate of drug-likeness (QED) is 0.828. The first-order chi connectivity index (χ1) is 9.71. The molecule has 0 aliphatic heterocycles. The molecule has 20 heavy (non-hydrogen) atoms. The van der Waals surface area contributed by atoms with Gasteiger partial charge in [0.2, 0.25) is 0 Å². The minimum absolute atomic E-state index is 0.465. The van der Waals surface area contributed by atoms with E-state index >= 15 is 0 Å². The highest BCUT2D eigenvalue weighted by Crippen LogP contribution is 2.14. The maximum absolute atomic E-state index is 5.97. The van der Waals surface area contributed by atoms with Crippen molar-refractivity contribution in [1.82, 2.24) is 9.97 Å². The summed E-state index contributed by atoms with van der Waals surface area (Å²) in [4.78, 5) is 8.54. The number of rotatable bonds is 6. The van der Waals surface area contributed by atoms with E-state index < -0.39 is 0 Å². The van der Waals surface area contributed by atoms with Crippen LogP contribution in [-0.4, -0.2) is 17.1 Å². The first-order valence-electron chi connectivity index (χ1n) is 6.55. The summed E-state index contributed by atoms with van der Waals surface area (Å²) in [7, 11) is 1.69. The van der Waals surface area contributed by atoms with Crippen molar-refractivity contribution in [2.75, 3.05) is 12.4 Å². The lowest BCUT2D eigenvalue weighted by molar-refractivity contribution is 0.185. The monoisotopic (exact) mass is 291 g/mol. The normalized spacial score (nSPS) is 10.6. The number of hydrogen-bond acceptors (Lipinski definition) is 4. The number of hydrogen-bond donors (Lipinski definition) is 1. The fourth-order valence-corrected chi connectivity index (χ4v) is 2.10. The third kappa shape index (κ3) is 4.18. The summed E-state index contributed by atoms with van der Waals surface area (Å²) in [5, 5.41) is 3.73. The summed E-state index contributed by atoms with van der Waals surface area (Å²) >= 11 is 5.97. The van der Waals surface area contributed by atoms with Gasteiger partial charge >= 0.3 is 0 Å². The second kappa shape index (κ2) is 7.22. The lowest BCUT2D eigenvalue weighted by atomic mass is 10.1. The largest absolute Gasteiger partial charge is 0.380 e. The Balaban J connectivity index is 2.04. The Morgan fingerprint density at radius 1 is 1.20 bits per heavy atom. The van der Waals surface area contributed by atoms with Gasteiger partial charge in [-0.2, -0.15) is 0 Å². The molecule has 2 aromatic rings. The van der Waals surface area contributed by atoms with Crippen LogP contribution in [0.1, 0.15) is 23.9 Å². The lowest BCUT2D eigenvalue weighted by Gasteiger charge is -2.08. The Morgan fingerprint density at radius 3 is 2.75 bits per heavy atom. The minimum Gasteiger partial charge on any atom is -0.380 e. The number of aromatic nitrogens is 2. The van der Waals surface area contributed by atoms with E-state index in [1.807, 2.05) is 19.1 Å². The van der Waals surface area contributed by atoms with Gasteiger partial charge in [0, 0.05) is 26.1 Å². The number of aryl methyl sites for hydroxylation is 1. The van der Waals surface area contributed by atoms with Gasteiger partial charge in [-0.05, 0) is 11.1 Å². The Kier molecular flexibility index (Phi) is 5.32. The summed E-state index contributed by atoms with van der Waals surface area (Å²) in [5.41, 5.74) is 2.33. The predicted molar refractivity (Wildman–Crippen MR) is 80.9 cm³/mol. The molecule has 1 aromatic carbocycles. The van der Waals surface area contributed by atoms with Crippen molar-refractivity contribution in [2.45, 2.75) is 26.5 Å². The van der Waals surface area contributed by atoms with Crippen LogP contribution in [0.25, 0.3) is 0 Å². The van der Waals surface area contributed by atoms with Crippen molar-refractivity contribution < 1.29 is 4.74 Å². The van der Waals surface area contributed by atoms with Gasteiger partial charge in [0.15, 0.2) is 0 Å². The highest BCUT2D eigenvalue weighted by Gasteiger charge is 2.02. The molecule has 2 rings (SSSR count). The molecule has 1 heterocycles. The van der Waals surface area contributed by atoms with Gasteiger partial charge in [-0.1, -0.05) is 42.8 Å². The predicted octanol–water partition coefficient (Wildman–Crippen LogP) is 3.45. The van der Waals surface area contributed by atoms with E-state index in [-0.39, 0.29) is 0 Å². The fourth-order valence-electron chi connectivity index (χ4n) is 1.90. The van der Waals surface area contributed by atoms with E-state index in [1.165, 1.54) is 5.56 Å². The van der Waals surface area contributed by atoms with Crippen LogP contribution in [-0.2, 0) is 24.3 Å². The molecule has 4 nitrogen and oxygen atoms in total. The zero-order valence-electron chi connectivity index (χ0n) is 11.7. The average Bonchev–Trinajstić information content (AvgIpc) is 2.45. The van der Waals surface area contributed by atoms with Gasteiger partial charge in [0.1, 0.15) is 16.8 Å². The van der Waals surface area contributed by atoms with Gasteiger partial charge < -0.3 is 10.1 Å². The van der Waals surface area contributed by atoms with E-state index in [0.29, 0.717) is 18.3 Å². The molecule has 0 atom stereocenters. The van der Waals surface area contributed by atoms with Crippen molar-refractivity contribution >= 4 is 17.4 Å². The molecule has 0 saturated carbocycles. The standard InChI is InChI=1S/C15H18ClN3O/c1-3-14-18-13(16)8-15(19-14)17-9-11-5-4-6-12(7-11)10-20-2/h4-8H,3,9-10H2,1-2H3,(H,17,18,19). The van der Waals surface area contributed by atoms with Crippen LogP contribution in [0.15, 0.2) is 30.3 Å². The van der Waals surface area contributed by atoms with Crippen LogP contribution in [0.3, 0.4) is 0 Å². The molecule has 0 unspecified atom stereocenters. The van der Waals surface area contributed by atoms with Crippen molar-refractivity contribution in [1.29, 1.82) is 0 Å². The van der Waals surface area contributed by atoms with Crippen LogP contribution in [0.5, 0.6) is 0 Å². The van der Waals surface area contributed by atoms with Crippen molar-refractivity contribution in [3.8, 4) is 0 Å². The van der Waals surface area contributed by atoms with Crippen LogP contribution in [0.4, 0.5) is 5.82 Å². The first kappa shape index (κ1) is 14.8. The van der Waals surface area contributed by atoms with E-state index in [2.05, 4.69) is 27.4 Å². The summed E-state index contributed by atoms with van der Waals surface area (Å²) in [6.45, 7) is 3.31. The van der Waals surface area contributed by atoms with E-state index in [0.717, 1.165) is 23.6 Å². The Morgan fingerprint density at radius 2 is 2.00 bits per heavy atom. The summed E-state index contributed by atoms with van der Waals surface area (Å²) in [5.74, 6) is 1.49. The zero-order valence-corrected chi connectivity index (χ0v) is 12.4. The molecule has 1 N–H and O–H groups in total. The topological polar surface area (TPSA) is 47.0 Å². The van der Waals surface area contributed by atoms with Crippen LogP contribution in [0.2, 0.25) is 5.15 Å². The minimum atomic E-state index is 0.465. The zero-order chi connectivity index (χ0) is 14.4. The highest BCUT2D eigenvalue weighted by molar-refractivity contribution is 6.29. The van der Waals surface area contributed by atoms with Crippen molar-refractivity contribution in [3.05, 3.63) is 52.4 Å². The van der Waals surface area contributed by atoms with Crippen molar-refractivity contribution in [3.63, 3.8) is 0 Å². The molecule has 0 aliphatic carbocycles. The van der Waals surface area contributed by atoms with Gasteiger partial charge in [-0.3, -0.25) is 0 Å². The van der Waals surface area contributed by atoms with E-state index in [9.17, 15) is 0 Å². The number of nitrogens with zero attached hydrogens (tertiary/aromatic N) is 2. The van der Waals surface area contributed by atoms with Gasteiger partial charge in [0.05, 0.1) is 6.61 Å². The number of halogens is 1. The Hall–Kier alpha value is -1.65. The molecule has 0 saturated heterocycles. The molecule has 0 fully saturated rings. The Labute approximate surface area is 124 Å². The smallest absolute Gasteiger partial charge is 0.134 e. The second-order valence-electron chi connectivity index (χ2n) is 4.45. The number of methoxy groups -OCH3 is 1. The number of benzene rings is 1.